The Morgan fingerprint density at radius 2 is 1.69 bits per heavy atom. The molecule has 0 aliphatic heterocycles. The van der Waals surface area contributed by atoms with E-state index in [1.54, 1.807) is 7.11 Å². The molecule has 2 fully saturated rings. The van der Waals surface area contributed by atoms with Gasteiger partial charge in [-0.3, -0.25) is 4.79 Å². The lowest BCUT2D eigenvalue weighted by Gasteiger charge is -2.43. The normalized spacial score (nSPS) is 37.8. The van der Waals surface area contributed by atoms with E-state index >= 15 is 0 Å². The molecule has 2 unspecified atom stereocenters. The van der Waals surface area contributed by atoms with Crippen molar-refractivity contribution < 1.29 is 9.53 Å². The molecule has 0 radical (unpaired) electrons. The number of Topliss-reactive ketones (excluding diaryl/α,β-unsaturated/α-hetero) is 1. The second kappa shape index (κ2) is 4.48. The van der Waals surface area contributed by atoms with Crippen molar-refractivity contribution in [1.82, 2.24) is 0 Å². The fourth-order valence-corrected chi connectivity index (χ4v) is 3.58. The minimum absolute atomic E-state index is 0.263. The third kappa shape index (κ3) is 2.04. The maximum atomic E-state index is 12.5. The van der Waals surface area contributed by atoms with Crippen molar-refractivity contribution in [2.75, 3.05) is 7.11 Å². The molecule has 0 aromatic carbocycles. The Morgan fingerprint density at radius 1 is 1.12 bits per heavy atom. The number of carbonyl (C=O) groups excluding carboxylic acids is 1. The van der Waals surface area contributed by atoms with Crippen LogP contribution in [-0.2, 0) is 9.53 Å². The van der Waals surface area contributed by atoms with Crippen LogP contribution in [0.4, 0.5) is 0 Å². The number of hydrogen-bond acceptors (Lipinski definition) is 2. The average Bonchev–Trinajstić information content (AvgIpc) is 2.15. The Bertz CT molecular complexity index is 252. The number of hydrogen-bond donors (Lipinski definition) is 0. The molecular weight excluding hydrogens is 200 g/mol. The maximum Gasteiger partial charge on any atom is 0.167 e. The number of carbonyl (C=O) groups is 1. The van der Waals surface area contributed by atoms with Crippen LogP contribution >= 0.6 is 0 Å². The van der Waals surface area contributed by atoms with Crippen LogP contribution in [0.25, 0.3) is 0 Å². The standard InChI is InChI=1S/C14H24O2/c1-10-7-11(2)9-12(8-10)13(15)14(16-3)5-4-6-14/h10-12H,4-9H2,1-3H3. The Kier molecular flexibility index (Phi) is 3.39. The molecule has 2 atom stereocenters. The van der Waals surface area contributed by atoms with E-state index in [0.717, 1.165) is 32.1 Å². The summed E-state index contributed by atoms with van der Waals surface area (Å²) in [4.78, 5) is 12.5. The third-order valence-electron chi connectivity index (χ3n) is 4.55. The molecule has 0 N–H and O–H groups in total. The van der Waals surface area contributed by atoms with Crippen LogP contribution in [0.15, 0.2) is 0 Å². The molecule has 0 aromatic heterocycles. The zero-order chi connectivity index (χ0) is 11.8. The zero-order valence-electron chi connectivity index (χ0n) is 10.8. The molecular formula is C14H24O2. The first-order valence-corrected chi connectivity index (χ1v) is 6.67. The minimum Gasteiger partial charge on any atom is -0.370 e. The Morgan fingerprint density at radius 3 is 2.06 bits per heavy atom. The van der Waals surface area contributed by atoms with E-state index < -0.39 is 0 Å². The number of rotatable bonds is 3. The molecule has 0 saturated heterocycles. The topological polar surface area (TPSA) is 26.3 Å². The zero-order valence-corrected chi connectivity index (χ0v) is 10.8. The lowest BCUT2D eigenvalue weighted by Crippen LogP contribution is -2.51. The highest BCUT2D eigenvalue weighted by molar-refractivity contribution is 5.90. The Hall–Kier alpha value is -0.370. The van der Waals surface area contributed by atoms with E-state index in [-0.39, 0.29) is 11.5 Å². The van der Waals surface area contributed by atoms with Crippen LogP contribution < -0.4 is 0 Å². The summed E-state index contributed by atoms with van der Waals surface area (Å²) in [5, 5.41) is 0. The van der Waals surface area contributed by atoms with Crippen molar-refractivity contribution in [2.24, 2.45) is 17.8 Å². The van der Waals surface area contributed by atoms with Crippen LogP contribution in [0.5, 0.6) is 0 Å². The van der Waals surface area contributed by atoms with Gasteiger partial charge in [0.15, 0.2) is 5.78 Å². The molecule has 16 heavy (non-hydrogen) atoms. The largest absolute Gasteiger partial charge is 0.370 e. The van der Waals surface area contributed by atoms with E-state index in [0.29, 0.717) is 17.6 Å². The van der Waals surface area contributed by atoms with E-state index in [1.165, 1.54) is 6.42 Å². The van der Waals surface area contributed by atoms with Crippen LogP contribution in [0.1, 0.15) is 52.4 Å². The summed E-state index contributed by atoms with van der Waals surface area (Å²) in [6, 6.07) is 0. The van der Waals surface area contributed by atoms with Crippen LogP contribution in [-0.4, -0.2) is 18.5 Å². The summed E-state index contributed by atoms with van der Waals surface area (Å²) in [5.41, 5.74) is -0.387. The first kappa shape index (κ1) is 12.1. The SMILES string of the molecule is COC1(C(=O)C2CC(C)CC(C)C2)CCC1. The summed E-state index contributed by atoms with van der Waals surface area (Å²) in [6.45, 7) is 4.55. The van der Waals surface area contributed by atoms with Crippen LogP contribution in [0, 0.1) is 17.8 Å². The van der Waals surface area contributed by atoms with Gasteiger partial charge in [-0.05, 0) is 50.4 Å². The Labute approximate surface area is 98.7 Å². The molecule has 0 spiro atoms. The van der Waals surface area contributed by atoms with Crippen molar-refractivity contribution in [3.8, 4) is 0 Å². The van der Waals surface area contributed by atoms with Gasteiger partial charge in [0, 0.05) is 13.0 Å². The molecule has 2 aliphatic carbocycles. The van der Waals surface area contributed by atoms with E-state index in [9.17, 15) is 4.79 Å². The fourth-order valence-electron chi connectivity index (χ4n) is 3.58. The number of ketones is 1. The van der Waals surface area contributed by atoms with Gasteiger partial charge in [-0.15, -0.1) is 0 Å². The second-order valence-electron chi connectivity index (χ2n) is 6.03. The lowest BCUT2D eigenvalue weighted by molar-refractivity contribution is -0.158. The molecule has 2 rings (SSSR count). The monoisotopic (exact) mass is 224 g/mol. The van der Waals surface area contributed by atoms with Gasteiger partial charge < -0.3 is 4.74 Å². The highest BCUT2D eigenvalue weighted by Crippen LogP contribution is 2.42. The average molecular weight is 224 g/mol. The highest BCUT2D eigenvalue weighted by atomic mass is 16.5. The van der Waals surface area contributed by atoms with Crippen molar-refractivity contribution in [3.05, 3.63) is 0 Å². The van der Waals surface area contributed by atoms with Gasteiger partial charge in [-0.25, -0.2) is 0 Å². The van der Waals surface area contributed by atoms with E-state index in [1.807, 2.05) is 0 Å². The molecule has 0 heterocycles. The summed E-state index contributed by atoms with van der Waals surface area (Å²) in [7, 11) is 1.70. The number of methoxy groups -OCH3 is 1. The molecule has 2 saturated carbocycles. The molecule has 2 nitrogen and oxygen atoms in total. The van der Waals surface area contributed by atoms with Gasteiger partial charge in [-0.2, -0.15) is 0 Å². The second-order valence-corrected chi connectivity index (χ2v) is 6.03. The summed E-state index contributed by atoms with van der Waals surface area (Å²) in [5.74, 6) is 2.07. The van der Waals surface area contributed by atoms with Gasteiger partial charge in [0.2, 0.25) is 0 Å². The summed E-state index contributed by atoms with van der Waals surface area (Å²) in [6.07, 6.45) is 6.48. The first-order chi connectivity index (χ1) is 7.57. The fraction of sp³-hybridized carbons (Fsp3) is 0.929. The number of ether oxygens (including phenoxy) is 1. The molecule has 0 bridgehead atoms. The molecule has 92 valence electrons. The Balaban J connectivity index is 2.03. The quantitative estimate of drug-likeness (QED) is 0.736. The van der Waals surface area contributed by atoms with Gasteiger partial charge in [-0.1, -0.05) is 13.8 Å². The molecule has 2 heteroatoms. The smallest absolute Gasteiger partial charge is 0.167 e. The summed E-state index contributed by atoms with van der Waals surface area (Å²) < 4.78 is 5.51. The van der Waals surface area contributed by atoms with E-state index in [4.69, 9.17) is 4.74 Å². The van der Waals surface area contributed by atoms with Crippen molar-refractivity contribution >= 4 is 5.78 Å². The van der Waals surface area contributed by atoms with Gasteiger partial charge in [0.25, 0.3) is 0 Å². The van der Waals surface area contributed by atoms with E-state index in [2.05, 4.69) is 13.8 Å². The van der Waals surface area contributed by atoms with Gasteiger partial charge >= 0.3 is 0 Å². The molecule has 2 aliphatic rings. The van der Waals surface area contributed by atoms with Crippen LogP contribution in [0.3, 0.4) is 0 Å². The predicted octanol–water partition coefficient (Wildman–Crippen LogP) is 3.20. The predicted molar refractivity (Wildman–Crippen MR) is 64.3 cm³/mol. The summed E-state index contributed by atoms with van der Waals surface area (Å²) >= 11 is 0. The molecule has 0 amide bonds. The maximum absolute atomic E-state index is 12.5. The van der Waals surface area contributed by atoms with Crippen LogP contribution in [0.2, 0.25) is 0 Å². The highest BCUT2D eigenvalue weighted by Gasteiger charge is 2.47. The van der Waals surface area contributed by atoms with Crippen molar-refractivity contribution in [3.63, 3.8) is 0 Å². The first-order valence-electron chi connectivity index (χ1n) is 6.67. The van der Waals surface area contributed by atoms with Crippen molar-refractivity contribution in [1.29, 1.82) is 0 Å². The van der Waals surface area contributed by atoms with Crippen molar-refractivity contribution in [2.45, 2.75) is 58.0 Å². The third-order valence-corrected chi connectivity index (χ3v) is 4.55. The van der Waals surface area contributed by atoms with Gasteiger partial charge in [0.05, 0.1) is 0 Å². The van der Waals surface area contributed by atoms with Gasteiger partial charge in [0.1, 0.15) is 5.60 Å². The molecule has 0 aromatic rings. The lowest BCUT2D eigenvalue weighted by atomic mass is 9.67. The minimum atomic E-state index is -0.387.